The molecule has 0 spiro atoms. The van der Waals surface area contributed by atoms with E-state index in [0.717, 1.165) is 10.9 Å². The fourth-order valence-electron chi connectivity index (χ4n) is 1.85. The highest BCUT2D eigenvalue weighted by atomic mass is 16.1. The van der Waals surface area contributed by atoms with E-state index >= 15 is 0 Å². The minimum atomic E-state index is -0.136. The van der Waals surface area contributed by atoms with Gasteiger partial charge in [0.2, 0.25) is 0 Å². The molecule has 1 N–H and O–H groups in total. The second-order valence-electron chi connectivity index (χ2n) is 3.84. The van der Waals surface area contributed by atoms with Crippen molar-refractivity contribution in [1.82, 2.24) is 9.97 Å². The van der Waals surface area contributed by atoms with Gasteiger partial charge in [-0.25, -0.2) is 4.98 Å². The maximum atomic E-state index is 11.2. The van der Waals surface area contributed by atoms with E-state index in [1.165, 1.54) is 17.6 Å². The summed E-state index contributed by atoms with van der Waals surface area (Å²) in [7, 11) is 0. The first-order valence-electron chi connectivity index (χ1n) is 5.37. The van der Waals surface area contributed by atoms with Crippen LogP contribution in [0, 0.1) is 0 Å². The van der Waals surface area contributed by atoms with Gasteiger partial charge in [-0.05, 0) is 16.8 Å². The molecule has 0 amide bonds. The summed E-state index contributed by atoms with van der Waals surface area (Å²) in [6, 6.07) is 15.5. The molecule has 1 heterocycles. The number of H-pyrrole nitrogens is 1. The molecule has 0 aliphatic heterocycles. The molecule has 0 aliphatic carbocycles. The van der Waals surface area contributed by atoms with E-state index in [4.69, 9.17) is 0 Å². The third-order valence-electron chi connectivity index (χ3n) is 2.69. The van der Waals surface area contributed by atoms with E-state index in [0.29, 0.717) is 5.82 Å². The van der Waals surface area contributed by atoms with Gasteiger partial charge in [-0.3, -0.25) is 4.79 Å². The Morgan fingerprint density at radius 3 is 2.59 bits per heavy atom. The molecule has 3 rings (SSSR count). The number of aromatic nitrogens is 2. The monoisotopic (exact) mass is 222 g/mol. The van der Waals surface area contributed by atoms with Crippen LogP contribution in [-0.2, 0) is 0 Å². The Morgan fingerprint density at radius 1 is 0.941 bits per heavy atom. The Labute approximate surface area is 97.8 Å². The summed E-state index contributed by atoms with van der Waals surface area (Å²) in [5.74, 6) is 0.600. The Balaban J connectivity index is 2.21. The molecule has 2 aromatic carbocycles. The Bertz CT molecular complexity index is 731. The quantitative estimate of drug-likeness (QED) is 0.687. The van der Waals surface area contributed by atoms with Crippen LogP contribution in [0.25, 0.3) is 22.2 Å². The van der Waals surface area contributed by atoms with Gasteiger partial charge in [0, 0.05) is 17.8 Å². The number of aromatic amines is 1. The van der Waals surface area contributed by atoms with E-state index in [9.17, 15) is 4.79 Å². The lowest BCUT2D eigenvalue weighted by molar-refractivity contribution is 1.13. The smallest absolute Gasteiger partial charge is 0.251 e. The zero-order chi connectivity index (χ0) is 11.7. The minimum absolute atomic E-state index is 0.136. The third-order valence-corrected chi connectivity index (χ3v) is 2.69. The minimum Gasteiger partial charge on any atom is -0.307 e. The number of hydrogen-bond donors (Lipinski definition) is 1. The van der Waals surface area contributed by atoms with Crippen LogP contribution < -0.4 is 5.56 Å². The SMILES string of the molecule is O=c1ccnc(-c2ccc3ccccc3c2)[nH]1. The summed E-state index contributed by atoms with van der Waals surface area (Å²) in [5, 5.41) is 2.31. The second-order valence-corrected chi connectivity index (χ2v) is 3.84. The van der Waals surface area contributed by atoms with Gasteiger partial charge in [-0.2, -0.15) is 0 Å². The van der Waals surface area contributed by atoms with Crippen molar-refractivity contribution in [1.29, 1.82) is 0 Å². The van der Waals surface area contributed by atoms with Crippen molar-refractivity contribution < 1.29 is 0 Å². The number of nitrogens with zero attached hydrogens (tertiary/aromatic N) is 1. The number of rotatable bonds is 1. The predicted octanol–water partition coefficient (Wildman–Crippen LogP) is 2.59. The average molecular weight is 222 g/mol. The topological polar surface area (TPSA) is 45.8 Å². The highest BCUT2D eigenvalue weighted by molar-refractivity contribution is 5.86. The van der Waals surface area contributed by atoms with E-state index in [-0.39, 0.29) is 5.56 Å². The lowest BCUT2D eigenvalue weighted by Crippen LogP contribution is -2.05. The van der Waals surface area contributed by atoms with Gasteiger partial charge in [0.25, 0.3) is 5.56 Å². The molecule has 0 radical (unpaired) electrons. The molecule has 3 aromatic rings. The molecular weight excluding hydrogens is 212 g/mol. The second kappa shape index (κ2) is 3.87. The molecule has 0 unspecified atom stereocenters. The Hall–Kier alpha value is -2.42. The van der Waals surface area contributed by atoms with Crippen LogP contribution in [0.4, 0.5) is 0 Å². The molecule has 1 aromatic heterocycles. The van der Waals surface area contributed by atoms with E-state index in [2.05, 4.69) is 16.0 Å². The number of benzene rings is 2. The van der Waals surface area contributed by atoms with Crippen molar-refractivity contribution in [3.63, 3.8) is 0 Å². The summed E-state index contributed by atoms with van der Waals surface area (Å²) >= 11 is 0. The maximum absolute atomic E-state index is 11.2. The molecule has 82 valence electrons. The molecule has 0 bridgehead atoms. The zero-order valence-corrected chi connectivity index (χ0v) is 9.05. The molecule has 17 heavy (non-hydrogen) atoms. The summed E-state index contributed by atoms with van der Waals surface area (Å²) in [6.07, 6.45) is 1.52. The summed E-state index contributed by atoms with van der Waals surface area (Å²) in [6.45, 7) is 0. The predicted molar refractivity (Wildman–Crippen MR) is 67.8 cm³/mol. The van der Waals surface area contributed by atoms with Gasteiger partial charge >= 0.3 is 0 Å². The van der Waals surface area contributed by atoms with Crippen LogP contribution in [0.3, 0.4) is 0 Å². The van der Waals surface area contributed by atoms with Gasteiger partial charge in [0.05, 0.1) is 0 Å². The number of nitrogens with one attached hydrogen (secondary N) is 1. The highest BCUT2D eigenvalue weighted by Crippen LogP contribution is 2.20. The van der Waals surface area contributed by atoms with Crippen LogP contribution in [0.1, 0.15) is 0 Å². The molecule has 0 fully saturated rings. The molecule has 3 heteroatoms. The average Bonchev–Trinajstić information content (AvgIpc) is 2.38. The number of fused-ring (bicyclic) bond motifs is 1. The van der Waals surface area contributed by atoms with E-state index in [1.54, 1.807) is 0 Å². The van der Waals surface area contributed by atoms with Crippen LogP contribution in [-0.4, -0.2) is 9.97 Å². The van der Waals surface area contributed by atoms with Crippen molar-refractivity contribution in [3.8, 4) is 11.4 Å². The summed E-state index contributed by atoms with van der Waals surface area (Å²) < 4.78 is 0. The van der Waals surface area contributed by atoms with Gasteiger partial charge in [0.15, 0.2) is 0 Å². The van der Waals surface area contributed by atoms with Crippen molar-refractivity contribution in [3.05, 3.63) is 65.1 Å². The van der Waals surface area contributed by atoms with Crippen LogP contribution in [0.2, 0.25) is 0 Å². The molecule has 3 nitrogen and oxygen atoms in total. The fourth-order valence-corrected chi connectivity index (χ4v) is 1.85. The maximum Gasteiger partial charge on any atom is 0.251 e. The van der Waals surface area contributed by atoms with Crippen molar-refractivity contribution >= 4 is 10.8 Å². The largest absolute Gasteiger partial charge is 0.307 e. The first-order valence-corrected chi connectivity index (χ1v) is 5.37. The highest BCUT2D eigenvalue weighted by Gasteiger charge is 2.01. The van der Waals surface area contributed by atoms with Crippen molar-refractivity contribution in [2.45, 2.75) is 0 Å². The van der Waals surface area contributed by atoms with E-state index < -0.39 is 0 Å². The van der Waals surface area contributed by atoms with Gasteiger partial charge < -0.3 is 4.98 Å². The normalized spacial score (nSPS) is 10.6. The van der Waals surface area contributed by atoms with Crippen LogP contribution in [0.5, 0.6) is 0 Å². The van der Waals surface area contributed by atoms with Gasteiger partial charge in [-0.15, -0.1) is 0 Å². The lowest BCUT2D eigenvalue weighted by Gasteiger charge is -2.02. The fraction of sp³-hybridized carbons (Fsp3) is 0. The first kappa shape index (κ1) is 9.78. The molecule has 0 saturated heterocycles. The Morgan fingerprint density at radius 2 is 1.76 bits per heavy atom. The molecule has 0 atom stereocenters. The molecule has 0 aliphatic rings. The lowest BCUT2D eigenvalue weighted by atomic mass is 10.1. The first-order chi connectivity index (χ1) is 8.33. The molecule has 0 saturated carbocycles. The standard InChI is InChI=1S/C14H10N2O/c17-13-7-8-15-14(16-13)12-6-5-10-3-1-2-4-11(10)9-12/h1-9H,(H,15,16,17). The van der Waals surface area contributed by atoms with Crippen LogP contribution in [0.15, 0.2) is 59.5 Å². The third kappa shape index (κ3) is 1.83. The van der Waals surface area contributed by atoms with Crippen LogP contribution >= 0.6 is 0 Å². The number of hydrogen-bond acceptors (Lipinski definition) is 2. The van der Waals surface area contributed by atoms with Gasteiger partial charge in [-0.1, -0.05) is 36.4 Å². The summed E-state index contributed by atoms with van der Waals surface area (Å²) in [4.78, 5) is 18.1. The summed E-state index contributed by atoms with van der Waals surface area (Å²) in [5.41, 5.74) is 0.782. The van der Waals surface area contributed by atoms with E-state index in [1.807, 2.05) is 36.4 Å². The van der Waals surface area contributed by atoms with Crippen molar-refractivity contribution in [2.75, 3.05) is 0 Å². The Kier molecular flexibility index (Phi) is 2.22. The van der Waals surface area contributed by atoms with Gasteiger partial charge in [0.1, 0.15) is 5.82 Å². The zero-order valence-electron chi connectivity index (χ0n) is 9.05. The van der Waals surface area contributed by atoms with Crippen molar-refractivity contribution in [2.24, 2.45) is 0 Å². The molecular formula is C14H10N2O.